The van der Waals surface area contributed by atoms with E-state index in [1.807, 2.05) is 54.6 Å². The van der Waals surface area contributed by atoms with Crippen LogP contribution < -0.4 is 4.74 Å². The van der Waals surface area contributed by atoms with Gasteiger partial charge in [-0.05, 0) is 59.7 Å². The first-order valence-corrected chi connectivity index (χ1v) is 13.2. The zero-order valence-corrected chi connectivity index (χ0v) is 22.7. The van der Waals surface area contributed by atoms with Crippen molar-refractivity contribution in [2.24, 2.45) is 0 Å². The molecule has 214 valence electrons. The molecule has 6 rings (SSSR count). The summed E-state index contributed by atoms with van der Waals surface area (Å²) in [4.78, 5) is 21.0. The van der Waals surface area contributed by atoms with Gasteiger partial charge in [0, 0.05) is 23.5 Å². The molecule has 2 heterocycles. The molecule has 2 aromatic heterocycles. The Balaban J connectivity index is 1.35. The number of carbonyl (C=O) groups excluding carboxylic acids is 1. The topological polar surface area (TPSA) is 79.1 Å². The Kier molecular flexibility index (Phi) is 7.33. The summed E-state index contributed by atoms with van der Waals surface area (Å²) >= 11 is 0. The van der Waals surface area contributed by atoms with Crippen LogP contribution in [0.2, 0.25) is 0 Å². The van der Waals surface area contributed by atoms with Gasteiger partial charge in [-0.2, -0.15) is 18.3 Å². The summed E-state index contributed by atoms with van der Waals surface area (Å²) in [5.41, 5.74) is 7.46. The highest BCUT2D eigenvalue weighted by atomic mass is 19.4. The van der Waals surface area contributed by atoms with Crippen molar-refractivity contribution in [3.63, 3.8) is 0 Å². The minimum atomic E-state index is -4.39. The van der Waals surface area contributed by atoms with E-state index in [2.05, 4.69) is 9.97 Å². The van der Waals surface area contributed by atoms with Crippen LogP contribution in [0.4, 0.5) is 13.2 Å². The average molecular weight is 581 g/mol. The van der Waals surface area contributed by atoms with Crippen LogP contribution in [0.25, 0.3) is 50.4 Å². The van der Waals surface area contributed by atoms with Gasteiger partial charge in [-0.25, -0.2) is 9.48 Å². The minimum Gasteiger partial charge on any atom is -0.484 e. The smallest absolute Gasteiger partial charge is 0.422 e. The molecule has 0 N–H and O–H groups in total. The minimum absolute atomic E-state index is 0.145. The van der Waals surface area contributed by atoms with Crippen LogP contribution in [0.1, 0.15) is 10.4 Å². The zero-order chi connectivity index (χ0) is 30.0. The summed E-state index contributed by atoms with van der Waals surface area (Å²) in [6.45, 7) is -1.34. The Hall–Kier alpha value is -5.51. The third-order valence-electron chi connectivity index (χ3n) is 6.76. The Morgan fingerprint density at radius 3 is 2.12 bits per heavy atom. The summed E-state index contributed by atoms with van der Waals surface area (Å²) in [5, 5.41) is 4.91. The SMILES string of the molecule is COC(=O)c1cccc(-n2nc(-c3ccc(-c4ccc(OCC(F)(F)F)cc4)cc3)cc2-c2ccc3nccnc3c2)c1. The van der Waals surface area contributed by atoms with Gasteiger partial charge in [-0.3, -0.25) is 9.97 Å². The number of alkyl halides is 3. The van der Waals surface area contributed by atoms with E-state index in [1.54, 1.807) is 47.4 Å². The summed E-state index contributed by atoms with van der Waals surface area (Å²) in [7, 11) is 1.34. The predicted octanol–water partition coefficient (Wildman–Crippen LogP) is 7.54. The molecule has 0 bridgehead atoms. The molecule has 0 aliphatic carbocycles. The van der Waals surface area contributed by atoms with Gasteiger partial charge in [-0.15, -0.1) is 0 Å². The monoisotopic (exact) mass is 580 g/mol. The molecule has 7 nitrogen and oxygen atoms in total. The molecule has 0 atom stereocenters. The Morgan fingerprint density at radius 1 is 0.767 bits per heavy atom. The first-order chi connectivity index (χ1) is 20.8. The van der Waals surface area contributed by atoms with Crippen LogP contribution in [-0.2, 0) is 4.74 Å². The second kappa shape index (κ2) is 11.4. The number of hydrogen-bond donors (Lipinski definition) is 0. The zero-order valence-electron chi connectivity index (χ0n) is 22.7. The second-order valence-electron chi connectivity index (χ2n) is 9.63. The normalized spacial score (nSPS) is 11.4. The number of rotatable bonds is 7. The van der Waals surface area contributed by atoms with Gasteiger partial charge in [0.25, 0.3) is 0 Å². The number of ether oxygens (including phenoxy) is 2. The average Bonchev–Trinajstić information content (AvgIpc) is 3.49. The number of benzene rings is 4. The van der Waals surface area contributed by atoms with Gasteiger partial charge < -0.3 is 9.47 Å². The van der Waals surface area contributed by atoms with E-state index in [9.17, 15) is 18.0 Å². The standard InChI is InChI=1S/C33H23F3N4O3/c1-42-32(41)25-3-2-4-26(17-25)40-31(24-11-14-28-30(18-24)38-16-15-37-28)19-29(39-40)23-7-5-21(6-8-23)22-9-12-27(13-10-22)43-20-33(34,35)36/h2-19H,20H2,1H3. The van der Waals surface area contributed by atoms with Crippen LogP contribution in [0, 0.1) is 0 Å². The van der Waals surface area contributed by atoms with Crippen molar-refractivity contribution in [2.45, 2.75) is 6.18 Å². The number of halogens is 3. The molecule has 43 heavy (non-hydrogen) atoms. The molecule has 0 aliphatic rings. The fourth-order valence-corrected chi connectivity index (χ4v) is 4.67. The number of aromatic nitrogens is 4. The van der Waals surface area contributed by atoms with Crippen LogP contribution in [0.15, 0.2) is 109 Å². The molecule has 6 aromatic rings. The summed E-state index contributed by atoms with van der Waals surface area (Å²) in [6.07, 6.45) is -1.12. The molecule has 0 radical (unpaired) electrons. The van der Waals surface area contributed by atoms with E-state index < -0.39 is 18.8 Å². The third-order valence-corrected chi connectivity index (χ3v) is 6.76. The number of carbonyl (C=O) groups is 1. The van der Waals surface area contributed by atoms with Crippen molar-refractivity contribution in [1.82, 2.24) is 19.7 Å². The van der Waals surface area contributed by atoms with E-state index in [-0.39, 0.29) is 5.75 Å². The molecule has 10 heteroatoms. The van der Waals surface area contributed by atoms with Gasteiger partial charge in [0.2, 0.25) is 0 Å². The van der Waals surface area contributed by atoms with Gasteiger partial charge in [-0.1, -0.05) is 48.5 Å². The molecule has 0 fully saturated rings. The van der Waals surface area contributed by atoms with Crippen LogP contribution >= 0.6 is 0 Å². The Morgan fingerprint density at radius 2 is 1.42 bits per heavy atom. The largest absolute Gasteiger partial charge is 0.484 e. The Bertz CT molecular complexity index is 1920. The Labute approximate surface area is 244 Å². The lowest BCUT2D eigenvalue weighted by molar-refractivity contribution is -0.153. The molecule has 4 aromatic carbocycles. The van der Waals surface area contributed by atoms with E-state index in [1.165, 1.54) is 19.2 Å². The number of nitrogens with zero attached hydrogens (tertiary/aromatic N) is 4. The van der Waals surface area contributed by atoms with Crippen molar-refractivity contribution in [3.05, 3.63) is 115 Å². The third kappa shape index (κ3) is 6.08. The molecule has 0 amide bonds. The quantitative estimate of drug-likeness (QED) is 0.182. The molecule has 0 aliphatic heterocycles. The van der Waals surface area contributed by atoms with E-state index in [0.717, 1.165) is 39.0 Å². The fraction of sp³-hybridized carbons (Fsp3) is 0.0909. The molecular formula is C33H23F3N4O3. The van der Waals surface area contributed by atoms with Crippen molar-refractivity contribution < 1.29 is 27.4 Å². The number of methoxy groups -OCH3 is 1. The van der Waals surface area contributed by atoms with E-state index in [0.29, 0.717) is 16.9 Å². The first-order valence-electron chi connectivity index (χ1n) is 13.2. The molecular weight excluding hydrogens is 557 g/mol. The van der Waals surface area contributed by atoms with Crippen molar-refractivity contribution in [1.29, 1.82) is 0 Å². The fourth-order valence-electron chi connectivity index (χ4n) is 4.67. The van der Waals surface area contributed by atoms with Crippen LogP contribution in [-0.4, -0.2) is 45.6 Å². The summed E-state index contributed by atoms with van der Waals surface area (Å²) in [5.74, 6) is -0.306. The highest BCUT2D eigenvalue weighted by Gasteiger charge is 2.28. The predicted molar refractivity (Wildman–Crippen MR) is 156 cm³/mol. The molecule has 0 saturated carbocycles. The van der Waals surface area contributed by atoms with Crippen molar-refractivity contribution in [3.8, 4) is 45.1 Å². The number of esters is 1. The number of hydrogen-bond acceptors (Lipinski definition) is 6. The van der Waals surface area contributed by atoms with E-state index >= 15 is 0 Å². The maximum Gasteiger partial charge on any atom is 0.422 e. The highest BCUT2D eigenvalue weighted by molar-refractivity contribution is 5.90. The second-order valence-corrected chi connectivity index (χ2v) is 9.63. The lowest BCUT2D eigenvalue weighted by Gasteiger charge is -2.10. The van der Waals surface area contributed by atoms with E-state index in [4.69, 9.17) is 14.6 Å². The lowest BCUT2D eigenvalue weighted by atomic mass is 10.0. The van der Waals surface area contributed by atoms with Gasteiger partial charge in [0.05, 0.1) is 40.8 Å². The maximum atomic E-state index is 12.5. The summed E-state index contributed by atoms with van der Waals surface area (Å²) < 4.78 is 48.8. The molecule has 0 saturated heterocycles. The lowest BCUT2D eigenvalue weighted by Crippen LogP contribution is -2.19. The van der Waals surface area contributed by atoms with Crippen molar-refractivity contribution >= 4 is 17.0 Å². The maximum absolute atomic E-state index is 12.5. The van der Waals surface area contributed by atoms with Crippen LogP contribution in [0.3, 0.4) is 0 Å². The molecule has 0 spiro atoms. The van der Waals surface area contributed by atoms with Gasteiger partial charge >= 0.3 is 12.1 Å². The van der Waals surface area contributed by atoms with Crippen LogP contribution in [0.5, 0.6) is 5.75 Å². The highest BCUT2D eigenvalue weighted by Crippen LogP contribution is 2.32. The summed E-state index contributed by atoms with van der Waals surface area (Å²) in [6, 6.07) is 28.9. The molecule has 0 unspecified atom stereocenters. The number of fused-ring (bicyclic) bond motifs is 1. The van der Waals surface area contributed by atoms with Gasteiger partial charge in [0.15, 0.2) is 6.61 Å². The first kappa shape index (κ1) is 27.6. The van der Waals surface area contributed by atoms with Gasteiger partial charge in [0.1, 0.15) is 5.75 Å². The van der Waals surface area contributed by atoms with Crippen molar-refractivity contribution in [2.75, 3.05) is 13.7 Å².